The largest absolute Gasteiger partial charge is 0.313 e. The summed E-state index contributed by atoms with van der Waals surface area (Å²) < 4.78 is 1.27. The lowest BCUT2D eigenvalue weighted by Gasteiger charge is -2.00. The Kier molecular flexibility index (Phi) is 2.57. The van der Waals surface area contributed by atoms with Crippen LogP contribution in [-0.2, 0) is 6.54 Å². The SMILES string of the molecule is CCNCc1cnc2ccsc2c1. The molecule has 13 heavy (non-hydrogen) atoms. The monoisotopic (exact) mass is 192 g/mol. The van der Waals surface area contributed by atoms with Crippen LogP contribution >= 0.6 is 11.3 Å². The third-order valence-electron chi connectivity index (χ3n) is 1.94. The minimum absolute atomic E-state index is 0.914. The molecule has 0 atom stereocenters. The van der Waals surface area contributed by atoms with E-state index >= 15 is 0 Å². The predicted molar refractivity (Wildman–Crippen MR) is 57.0 cm³/mol. The van der Waals surface area contributed by atoms with Gasteiger partial charge in [-0.3, -0.25) is 4.98 Å². The van der Waals surface area contributed by atoms with Crippen LogP contribution in [0.25, 0.3) is 10.2 Å². The second-order valence-electron chi connectivity index (χ2n) is 2.93. The van der Waals surface area contributed by atoms with Crippen molar-refractivity contribution < 1.29 is 0 Å². The van der Waals surface area contributed by atoms with Gasteiger partial charge in [0, 0.05) is 12.7 Å². The van der Waals surface area contributed by atoms with Gasteiger partial charge in [-0.15, -0.1) is 11.3 Å². The van der Waals surface area contributed by atoms with Crippen LogP contribution in [0.3, 0.4) is 0 Å². The van der Waals surface area contributed by atoms with Gasteiger partial charge in [-0.2, -0.15) is 0 Å². The first-order valence-electron chi connectivity index (χ1n) is 4.43. The van der Waals surface area contributed by atoms with Crippen LogP contribution in [0.5, 0.6) is 0 Å². The molecule has 2 rings (SSSR count). The van der Waals surface area contributed by atoms with E-state index in [9.17, 15) is 0 Å². The normalized spacial score (nSPS) is 10.8. The minimum Gasteiger partial charge on any atom is -0.313 e. The molecule has 0 amide bonds. The predicted octanol–water partition coefficient (Wildman–Crippen LogP) is 2.41. The molecule has 2 nitrogen and oxygen atoms in total. The van der Waals surface area contributed by atoms with Gasteiger partial charge in [-0.1, -0.05) is 6.92 Å². The van der Waals surface area contributed by atoms with E-state index in [1.807, 2.05) is 6.20 Å². The number of aromatic nitrogens is 1. The third-order valence-corrected chi connectivity index (χ3v) is 2.79. The first kappa shape index (κ1) is 8.66. The summed E-state index contributed by atoms with van der Waals surface area (Å²) in [4.78, 5) is 4.36. The van der Waals surface area contributed by atoms with Crippen molar-refractivity contribution in [1.29, 1.82) is 0 Å². The number of rotatable bonds is 3. The summed E-state index contributed by atoms with van der Waals surface area (Å²) in [7, 11) is 0. The van der Waals surface area contributed by atoms with E-state index in [2.05, 4.69) is 34.7 Å². The molecule has 2 aromatic heterocycles. The Morgan fingerprint density at radius 3 is 3.31 bits per heavy atom. The van der Waals surface area contributed by atoms with Crippen molar-refractivity contribution in [2.24, 2.45) is 0 Å². The van der Waals surface area contributed by atoms with E-state index in [-0.39, 0.29) is 0 Å². The number of nitrogens with one attached hydrogen (secondary N) is 1. The van der Waals surface area contributed by atoms with Gasteiger partial charge in [0.25, 0.3) is 0 Å². The van der Waals surface area contributed by atoms with Gasteiger partial charge >= 0.3 is 0 Å². The molecule has 0 spiro atoms. The van der Waals surface area contributed by atoms with Gasteiger partial charge in [0.05, 0.1) is 10.2 Å². The van der Waals surface area contributed by atoms with E-state index in [0.29, 0.717) is 0 Å². The molecule has 0 fully saturated rings. The molecule has 68 valence electrons. The van der Waals surface area contributed by atoms with Gasteiger partial charge in [0.15, 0.2) is 0 Å². The zero-order valence-electron chi connectivity index (χ0n) is 7.58. The molecule has 1 N–H and O–H groups in total. The van der Waals surface area contributed by atoms with Crippen molar-refractivity contribution >= 4 is 21.6 Å². The van der Waals surface area contributed by atoms with Crippen molar-refractivity contribution in [3.05, 3.63) is 29.3 Å². The fourth-order valence-electron chi connectivity index (χ4n) is 1.25. The first-order valence-corrected chi connectivity index (χ1v) is 5.31. The van der Waals surface area contributed by atoms with Crippen molar-refractivity contribution in [2.45, 2.75) is 13.5 Å². The Balaban J connectivity index is 2.26. The lowest BCUT2D eigenvalue weighted by Crippen LogP contribution is -2.11. The summed E-state index contributed by atoms with van der Waals surface area (Å²) in [5.74, 6) is 0. The Morgan fingerprint density at radius 2 is 2.46 bits per heavy atom. The van der Waals surface area contributed by atoms with E-state index in [1.54, 1.807) is 11.3 Å². The average molecular weight is 192 g/mol. The summed E-state index contributed by atoms with van der Waals surface area (Å²) in [5.41, 5.74) is 2.36. The molecule has 2 heterocycles. The molecule has 0 saturated carbocycles. The quantitative estimate of drug-likeness (QED) is 0.807. The number of fused-ring (bicyclic) bond motifs is 1. The van der Waals surface area contributed by atoms with Gasteiger partial charge in [0.1, 0.15) is 0 Å². The maximum absolute atomic E-state index is 4.36. The average Bonchev–Trinajstić information content (AvgIpc) is 2.61. The second kappa shape index (κ2) is 3.85. The summed E-state index contributed by atoms with van der Waals surface area (Å²) in [6.45, 7) is 4.02. The van der Waals surface area contributed by atoms with Crippen LogP contribution in [0.1, 0.15) is 12.5 Å². The number of hydrogen-bond donors (Lipinski definition) is 1. The van der Waals surface area contributed by atoms with E-state index in [4.69, 9.17) is 0 Å². The highest BCUT2D eigenvalue weighted by Gasteiger charge is 1.97. The van der Waals surface area contributed by atoms with Crippen molar-refractivity contribution in [3.63, 3.8) is 0 Å². The van der Waals surface area contributed by atoms with Crippen LogP contribution in [0.15, 0.2) is 23.7 Å². The Hall–Kier alpha value is -0.930. The molecule has 0 saturated heterocycles. The maximum atomic E-state index is 4.36. The fourth-order valence-corrected chi connectivity index (χ4v) is 2.06. The molecular weight excluding hydrogens is 180 g/mol. The molecule has 2 aromatic rings. The minimum atomic E-state index is 0.914. The zero-order chi connectivity index (χ0) is 9.10. The smallest absolute Gasteiger partial charge is 0.0809 e. The highest BCUT2D eigenvalue weighted by atomic mass is 32.1. The highest BCUT2D eigenvalue weighted by molar-refractivity contribution is 7.17. The van der Waals surface area contributed by atoms with E-state index in [0.717, 1.165) is 18.6 Å². The molecule has 3 heteroatoms. The highest BCUT2D eigenvalue weighted by Crippen LogP contribution is 2.19. The second-order valence-corrected chi connectivity index (χ2v) is 3.88. The molecule has 0 radical (unpaired) electrons. The number of hydrogen-bond acceptors (Lipinski definition) is 3. The third kappa shape index (κ3) is 1.87. The van der Waals surface area contributed by atoms with Crippen molar-refractivity contribution in [2.75, 3.05) is 6.54 Å². The Morgan fingerprint density at radius 1 is 1.54 bits per heavy atom. The molecule has 0 unspecified atom stereocenters. The molecule has 0 aliphatic heterocycles. The molecule has 0 aromatic carbocycles. The van der Waals surface area contributed by atoms with Gasteiger partial charge in [-0.25, -0.2) is 0 Å². The lowest BCUT2D eigenvalue weighted by atomic mass is 10.2. The molecule has 0 bridgehead atoms. The fraction of sp³-hybridized carbons (Fsp3) is 0.300. The zero-order valence-corrected chi connectivity index (χ0v) is 8.40. The summed E-state index contributed by atoms with van der Waals surface area (Å²) in [5, 5.41) is 5.36. The van der Waals surface area contributed by atoms with Crippen LogP contribution in [0.4, 0.5) is 0 Å². The summed E-state index contributed by atoms with van der Waals surface area (Å²) in [6, 6.07) is 4.26. The van der Waals surface area contributed by atoms with Crippen LogP contribution in [-0.4, -0.2) is 11.5 Å². The molecule has 0 aliphatic rings. The van der Waals surface area contributed by atoms with Gasteiger partial charge in [0.2, 0.25) is 0 Å². The van der Waals surface area contributed by atoms with Gasteiger partial charge in [-0.05, 0) is 29.6 Å². The van der Waals surface area contributed by atoms with Crippen molar-refractivity contribution in [3.8, 4) is 0 Å². The van der Waals surface area contributed by atoms with E-state index < -0.39 is 0 Å². The molecule has 0 aliphatic carbocycles. The lowest BCUT2D eigenvalue weighted by molar-refractivity contribution is 0.725. The molecular formula is C10H12N2S. The van der Waals surface area contributed by atoms with Crippen LogP contribution in [0.2, 0.25) is 0 Å². The summed E-state index contributed by atoms with van der Waals surface area (Å²) >= 11 is 1.74. The number of thiophene rings is 1. The standard InChI is InChI=1S/C10H12N2S/c1-2-11-6-8-5-10-9(12-7-8)3-4-13-10/h3-5,7,11H,2,6H2,1H3. The number of pyridine rings is 1. The topological polar surface area (TPSA) is 24.9 Å². The Labute approximate surface area is 81.6 Å². The Bertz CT molecular complexity index is 394. The summed E-state index contributed by atoms with van der Waals surface area (Å²) in [6.07, 6.45) is 1.94. The van der Waals surface area contributed by atoms with E-state index in [1.165, 1.54) is 10.3 Å². The van der Waals surface area contributed by atoms with Crippen LogP contribution in [0, 0.1) is 0 Å². The maximum Gasteiger partial charge on any atom is 0.0809 e. The first-order chi connectivity index (χ1) is 6.40. The number of nitrogens with zero attached hydrogens (tertiary/aromatic N) is 1. The van der Waals surface area contributed by atoms with Crippen LogP contribution < -0.4 is 5.32 Å². The van der Waals surface area contributed by atoms with Gasteiger partial charge < -0.3 is 5.32 Å². The van der Waals surface area contributed by atoms with Crippen molar-refractivity contribution in [1.82, 2.24) is 10.3 Å².